The summed E-state index contributed by atoms with van der Waals surface area (Å²) in [7, 11) is 0. The first-order chi connectivity index (χ1) is 24.7. The molecule has 51 heavy (non-hydrogen) atoms. The second-order valence-corrected chi connectivity index (χ2v) is 13.5. The number of hydrogen-bond acceptors (Lipinski definition) is 8. The standard InChI is InChI=1S/C19H19N5O.C16H13FN4O.C3H7N/c1-10-18(22-11-5-6-11)24-17-12(3-2-4-15(17)21-10)16-9-13-14(23-16)7-8-20-19(13)25;1-8-15(17)21-14-9(3-2-4-12(14)19-8)13-7-10-11(20-13)5-6-18-16(10)22;4-3-1-2-3/h2-4,9,11,23H,5-8H2,1H3,(H,20,25)(H,22,24);2-4,7,20H,5-6H2,1H3,(H,18,22);3H,1-2,4H2. The fraction of sp³-hybridized carbons (Fsp3) is 0.316. The number of nitrogens with two attached hydrogens (primary N) is 1. The van der Waals surface area contributed by atoms with Crippen molar-refractivity contribution in [3.63, 3.8) is 0 Å². The van der Waals surface area contributed by atoms with Crippen LogP contribution in [0.4, 0.5) is 10.2 Å². The Labute approximate surface area is 293 Å². The van der Waals surface area contributed by atoms with Gasteiger partial charge in [0.2, 0.25) is 5.95 Å². The zero-order valence-corrected chi connectivity index (χ0v) is 28.5. The normalized spacial score (nSPS) is 16.2. The second kappa shape index (κ2) is 13.2. The Kier molecular flexibility index (Phi) is 8.42. The lowest BCUT2D eigenvalue weighted by Crippen LogP contribution is -2.31. The predicted octanol–water partition coefficient (Wildman–Crippen LogP) is 5.26. The van der Waals surface area contributed by atoms with Crippen LogP contribution >= 0.6 is 0 Å². The summed E-state index contributed by atoms with van der Waals surface area (Å²) in [6, 6.07) is 16.3. The van der Waals surface area contributed by atoms with Crippen molar-refractivity contribution in [2.24, 2.45) is 5.73 Å². The van der Waals surface area contributed by atoms with Crippen LogP contribution in [-0.4, -0.2) is 66.9 Å². The number of aromatic amines is 2. The van der Waals surface area contributed by atoms with Crippen molar-refractivity contribution in [3.05, 3.63) is 88.4 Å². The zero-order chi connectivity index (χ0) is 35.2. The van der Waals surface area contributed by atoms with E-state index in [1.165, 1.54) is 25.7 Å². The molecule has 4 aliphatic rings. The van der Waals surface area contributed by atoms with Crippen molar-refractivity contribution in [2.45, 2.75) is 64.5 Å². The Morgan fingerprint density at radius 1 is 0.706 bits per heavy atom. The van der Waals surface area contributed by atoms with E-state index >= 15 is 0 Å². The molecule has 2 aromatic carbocycles. The molecule has 7 N–H and O–H groups in total. The Bertz CT molecular complexity index is 2320. The van der Waals surface area contributed by atoms with Gasteiger partial charge in [0.25, 0.3) is 11.8 Å². The highest BCUT2D eigenvalue weighted by molar-refractivity contribution is 6.00. The number of rotatable bonds is 4. The first-order valence-electron chi connectivity index (χ1n) is 17.4. The molecule has 0 radical (unpaired) electrons. The van der Waals surface area contributed by atoms with E-state index in [1.54, 1.807) is 19.1 Å². The molecule has 4 aromatic heterocycles. The summed E-state index contributed by atoms with van der Waals surface area (Å²) in [5.41, 5.74) is 15.9. The smallest absolute Gasteiger partial charge is 0.253 e. The van der Waals surface area contributed by atoms with Crippen molar-refractivity contribution in [1.29, 1.82) is 0 Å². The van der Waals surface area contributed by atoms with Crippen LogP contribution in [0.1, 0.15) is 69.2 Å². The summed E-state index contributed by atoms with van der Waals surface area (Å²) in [6.45, 7) is 4.87. The van der Waals surface area contributed by atoms with Gasteiger partial charge in [0.05, 0.1) is 33.5 Å². The minimum Gasteiger partial charge on any atom is -0.366 e. The highest BCUT2D eigenvalue weighted by Crippen LogP contribution is 2.32. The van der Waals surface area contributed by atoms with Gasteiger partial charge in [-0.25, -0.2) is 19.9 Å². The van der Waals surface area contributed by atoms with Crippen LogP contribution in [-0.2, 0) is 12.8 Å². The van der Waals surface area contributed by atoms with Crippen LogP contribution < -0.4 is 21.7 Å². The molecule has 12 nitrogen and oxygen atoms in total. The minimum atomic E-state index is -0.575. The Balaban J connectivity index is 0.000000133. The van der Waals surface area contributed by atoms with E-state index in [-0.39, 0.29) is 17.5 Å². The number of nitrogens with zero attached hydrogens (tertiary/aromatic N) is 4. The third-order valence-electron chi connectivity index (χ3n) is 9.41. The zero-order valence-electron chi connectivity index (χ0n) is 28.5. The van der Waals surface area contributed by atoms with Gasteiger partial charge in [-0.1, -0.05) is 24.3 Å². The van der Waals surface area contributed by atoms with Gasteiger partial charge in [0.15, 0.2) is 0 Å². The third kappa shape index (κ3) is 6.76. The number of hydrogen-bond donors (Lipinski definition) is 6. The van der Waals surface area contributed by atoms with Gasteiger partial charge in [-0.15, -0.1) is 0 Å². The lowest BCUT2D eigenvalue weighted by molar-refractivity contribution is 0.0937. The maximum Gasteiger partial charge on any atom is 0.253 e. The maximum absolute atomic E-state index is 13.8. The van der Waals surface area contributed by atoms with Crippen molar-refractivity contribution in [2.75, 3.05) is 18.4 Å². The number of aromatic nitrogens is 6. The van der Waals surface area contributed by atoms with Gasteiger partial charge in [-0.3, -0.25) is 9.59 Å². The SMILES string of the molecule is Cc1nc2cccc(-c3cc4c([nH]3)CCNC4=O)c2nc1F.Cc1nc2cccc(-c3cc4c([nH]3)CCNC4=O)c2nc1NC1CC1.NC1CC1. The monoisotopic (exact) mass is 686 g/mol. The Morgan fingerprint density at radius 3 is 1.71 bits per heavy atom. The van der Waals surface area contributed by atoms with E-state index in [9.17, 15) is 14.0 Å². The van der Waals surface area contributed by atoms with Gasteiger partial charge in [-0.05, 0) is 63.8 Å². The average Bonchev–Trinajstić information content (AvgIpc) is 4.01. The summed E-state index contributed by atoms with van der Waals surface area (Å²) in [6.07, 6.45) is 6.49. The molecule has 2 aliphatic carbocycles. The molecule has 2 amide bonds. The van der Waals surface area contributed by atoms with Crippen LogP contribution in [0, 0.1) is 19.8 Å². The molecule has 2 fully saturated rings. The van der Waals surface area contributed by atoms with E-state index in [0.717, 1.165) is 74.9 Å². The van der Waals surface area contributed by atoms with Crippen molar-refractivity contribution >= 4 is 39.7 Å². The van der Waals surface area contributed by atoms with Crippen LogP contribution in [0.25, 0.3) is 44.6 Å². The number of para-hydroxylation sites is 2. The highest BCUT2D eigenvalue weighted by atomic mass is 19.1. The number of carbonyl (C=O) groups is 2. The average molecular weight is 687 g/mol. The summed E-state index contributed by atoms with van der Waals surface area (Å²) in [5, 5.41) is 9.16. The number of fused-ring (bicyclic) bond motifs is 4. The largest absolute Gasteiger partial charge is 0.366 e. The van der Waals surface area contributed by atoms with Crippen LogP contribution in [0.2, 0.25) is 0 Å². The number of anilines is 1. The summed E-state index contributed by atoms with van der Waals surface area (Å²) in [5.74, 6) is 0.185. The molecule has 6 heterocycles. The third-order valence-corrected chi connectivity index (χ3v) is 9.41. The van der Waals surface area contributed by atoms with Crippen molar-refractivity contribution < 1.29 is 14.0 Å². The number of carbonyl (C=O) groups excluding carboxylic acids is 2. The van der Waals surface area contributed by atoms with Crippen molar-refractivity contribution in [1.82, 2.24) is 40.5 Å². The molecule has 260 valence electrons. The molecule has 0 bridgehead atoms. The molecule has 0 unspecified atom stereocenters. The molecule has 2 aliphatic heterocycles. The van der Waals surface area contributed by atoms with Crippen LogP contribution in [0.5, 0.6) is 0 Å². The lowest BCUT2D eigenvalue weighted by Gasteiger charge is -2.11. The number of aryl methyl sites for hydroxylation is 2. The number of benzene rings is 2. The summed E-state index contributed by atoms with van der Waals surface area (Å²) >= 11 is 0. The summed E-state index contributed by atoms with van der Waals surface area (Å²) in [4.78, 5) is 48.4. The fourth-order valence-corrected chi connectivity index (χ4v) is 6.28. The van der Waals surface area contributed by atoms with Crippen molar-refractivity contribution in [3.8, 4) is 22.5 Å². The first kappa shape index (κ1) is 32.5. The van der Waals surface area contributed by atoms with E-state index < -0.39 is 5.95 Å². The van der Waals surface area contributed by atoms with Crippen LogP contribution in [0.3, 0.4) is 0 Å². The second-order valence-electron chi connectivity index (χ2n) is 13.5. The first-order valence-corrected chi connectivity index (χ1v) is 17.4. The molecule has 13 heteroatoms. The van der Waals surface area contributed by atoms with E-state index in [0.29, 0.717) is 41.8 Å². The predicted molar refractivity (Wildman–Crippen MR) is 194 cm³/mol. The number of H-pyrrole nitrogens is 2. The van der Waals surface area contributed by atoms with Gasteiger partial charge < -0.3 is 31.7 Å². The lowest BCUT2D eigenvalue weighted by atomic mass is 10.1. The highest BCUT2D eigenvalue weighted by Gasteiger charge is 2.25. The topological polar surface area (TPSA) is 179 Å². The fourth-order valence-electron chi connectivity index (χ4n) is 6.28. The molecular formula is C38H39FN10O2. The van der Waals surface area contributed by atoms with E-state index in [4.69, 9.17) is 15.7 Å². The van der Waals surface area contributed by atoms with Gasteiger partial charge in [-0.2, -0.15) is 4.39 Å². The molecule has 6 aromatic rings. The van der Waals surface area contributed by atoms with Crippen LogP contribution in [0.15, 0.2) is 48.5 Å². The molecule has 0 spiro atoms. The molecule has 10 rings (SSSR count). The van der Waals surface area contributed by atoms with Gasteiger partial charge in [0, 0.05) is 71.9 Å². The number of halogens is 1. The van der Waals surface area contributed by atoms with E-state index in [1.807, 2.05) is 43.3 Å². The minimum absolute atomic E-state index is 0.0120. The quantitative estimate of drug-likeness (QED) is 0.145. The number of nitrogens with one attached hydrogen (secondary N) is 5. The molecule has 0 saturated heterocycles. The Hall–Kier alpha value is -5.69. The summed E-state index contributed by atoms with van der Waals surface area (Å²) < 4.78 is 13.8. The Morgan fingerprint density at radius 2 is 1.22 bits per heavy atom. The van der Waals surface area contributed by atoms with Gasteiger partial charge in [0.1, 0.15) is 16.9 Å². The van der Waals surface area contributed by atoms with Gasteiger partial charge >= 0.3 is 0 Å². The maximum atomic E-state index is 13.8. The molecule has 2 saturated carbocycles. The molecule has 0 atom stereocenters. The molecular weight excluding hydrogens is 647 g/mol. The number of amides is 2. The van der Waals surface area contributed by atoms with E-state index in [2.05, 4.69) is 35.9 Å².